The first-order chi connectivity index (χ1) is 7.95. The first kappa shape index (κ1) is 13.9. The summed E-state index contributed by atoms with van der Waals surface area (Å²) in [5.74, 6) is 2.46. The Morgan fingerprint density at radius 1 is 1.18 bits per heavy atom. The molecule has 0 amide bonds. The summed E-state index contributed by atoms with van der Waals surface area (Å²) in [5.41, 5.74) is 1.06. The molecule has 0 atom stereocenters. The molecule has 0 spiro atoms. The lowest BCUT2D eigenvalue weighted by Gasteiger charge is -2.20. The number of hydrogen-bond donors (Lipinski definition) is 1. The van der Waals surface area contributed by atoms with Gasteiger partial charge in [-0.15, -0.1) is 0 Å². The van der Waals surface area contributed by atoms with Crippen molar-refractivity contribution in [1.29, 1.82) is 0 Å². The number of aliphatic hydroxyl groups excluding tert-OH is 1. The molecule has 1 aromatic rings. The van der Waals surface area contributed by atoms with Gasteiger partial charge in [0.1, 0.15) is 11.6 Å². The molecule has 1 N–H and O–H groups in total. The quantitative estimate of drug-likeness (QED) is 0.852. The number of anilines is 1. The standard InChI is InChI=1S/C13H23N3O/c1-9(2)11-8-12(16(5)6-7-17)15-13(14-11)10(3)4/h8-10,17H,6-7H2,1-5H3. The van der Waals surface area contributed by atoms with Crippen LogP contribution in [0.25, 0.3) is 0 Å². The van der Waals surface area contributed by atoms with Crippen molar-refractivity contribution >= 4 is 5.82 Å². The van der Waals surface area contributed by atoms with Gasteiger partial charge in [-0.05, 0) is 5.92 Å². The third kappa shape index (κ3) is 3.66. The first-order valence-electron chi connectivity index (χ1n) is 6.16. The average molecular weight is 237 g/mol. The van der Waals surface area contributed by atoms with Gasteiger partial charge in [-0.25, -0.2) is 9.97 Å². The van der Waals surface area contributed by atoms with Gasteiger partial charge >= 0.3 is 0 Å². The van der Waals surface area contributed by atoms with E-state index in [2.05, 4.69) is 37.7 Å². The lowest BCUT2D eigenvalue weighted by atomic mass is 10.1. The van der Waals surface area contributed by atoms with Crippen molar-refractivity contribution in [2.24, 2.45) is 0 Å². The fourth-order valence-electron chi connectivity index (χ4n) is 1.49. The van der Waals surface area contributed by atoms with Gasteiger partial charge in [0, 0.05) is 31.3 Å². The maximum Gasteiger partial charge on any atom is 0.133 e. The highest BCUT2D eigenvalue weighted by atomic mass is 16.3. The van der Waals surface area contributed by atoms with E-state index in [0.29, 0.717) is 18.4 Å². The molecule has 0 aromatic carbocycles. The van der Waals surface area contributed by atoms with Crippen LogP contribution >= 0.6 is 0 Å². The van der Waals surface area contributed by atoms with E-state index in [9.17, 15) is 0 Å². The minimum atomic E-state index is 0.133. The van der Waals surface area contributed by atoms with Crippen molar-refractivity contribution in [3.05, 3.63) is 17.6 Å². The van der Waals surface area contributed by atoms with Gasteiger partial charge in [0.25, 0.3) is 0 Å². The Kier molecular flexibility index (Phi) is 4.87. The van der Waals surface area contributed by atoms with Crippen molar-refractivity contribution in [3.63, 3.8) is 0 Å². The molecule has 0 radical (unpaired) electrons. The van der Waals surface area contributed by atoms with Gasteiger partial charge in [0.05, 0.1) is 6.61 Å². The molecule has 0 aliphatic rings. The minimum absolute atomic E-state index is 0.133. The number of aliphatic hydroxyl groups is 1. The summed E-state index contributed by atoms with van der Waals surface area (Å²) < 4.78 is 0. The molecule has 0 fully saturated rings. The largest absolute Gasteiger partial charge is 0.395 e. The molecule has 0 unspecified atom stereocenters. The van der Waals surface area contributed by atoms with Gasteiger partial charge in [0.15, 0.2) is 0 Å². The van der Waals surface area contributed by atoms with E-state index in [-0.39, 0.29) is 6.61 Å². The van der Waals surface area contributed by atoms with Crippen LogP contribution in [0.5, 0.6) is 0 Å². The van der Waals surface area contributed by atoms with Gasteiger partial charge in [0.2, 0.25) is 0 Å². The van der Waals surface area contributed by atoms with E-state index in [1.165, 1.54) is 0 Å². The summed E-state index contributed by atoms with van der Waals surface area (Å²) in [5, 5.41) is 8.97. The van der Waals surface area contributed by atoms with Gasteiger partial charge in [-0.2, -0.15) is 0 Å². The van der Waals surface area contributed by atoms with Crippen LogP contribution in [-0.4, -0.2) is 35.3 Å². The lowest BCUT2D eigenvalue weighted by Crippen LogP contribution is -2.23. The van der Waals surface area contributed by atoms with Crippen LogP contribution in [0.3, 0.4) is 0 Å². The van der Waals surface area contributed by atoms with Crippen molar-refractivity contribution in [2.45, 2.75) is 39.5 Å². The number of nitrogens with zero attached hydrogens (tertiary/aromatic N) is 3. The van der Waals surface area contributed by atoms with E-state index in [1.54, 1.807) is 0 Å². The number of hydrogen-bond acceptors (Lipinski definition) is 4. The van der Waals surface area contributed by atoms with Crippen LogP contribution in [0.2, 0.25) is 0 Å². The van der Waals surface area contributed by atoms with E-state index < -0.39 is 0 Å². The molecule has 1 rings (SSSR count). The summed E-state index contributed by atoms with van der Waals surface area (Å²) in [7, 11) is 1.94. The summed E-state index contributed by atoms with van der Waals surface area (Å²) in [4.78, 5) is 11.1. The Balaban J connectivity index is 3.12. The third-order valence-electron chi connectivity index (χ3n) is 2.68. The van der Waals surface area contributed by atoms with Gasteiger partial charge in [-0.1, -0.05) is 27.7 Å². The molecule has 0 aliphatic heterocycles. The monoisotopic (exact) mass is 237 g/mol. The highest BCUT2D eigenvalue weighted by molar-refractivity contribution is 5.40. The highest BCUT2D eigenvalue weighted by Gasteiger charge is 2.12. The molecule has 0 aliphatic carbocycles. The SMILES string of the molecule is CC(C)c1cc(N(C)CCO)nc(C(C)C)n1. The molecule has 0 bridgehead atoms. The third-order valence-corrected chi connectivity index (χ3v) is 2.68. The predicted molar refractivity (Wildman–Crippen MR) is 70.6 cm³/mol. The van der Waals surface area contributed by atoms with Crippen LogP contribution < -0.4 is 4.90 Å². The van der Waals surface area contributed by atoms with Crippen LogP contribution in [0.4, 0.5) is 5.82 Å². The number of rotatable bonds is 5. The Morgan fingerprint density at radius 3 is 2.29 bits per heavy atom. The van der Waals surface area contributed by atoms with E-state index >= 15 is 0 Å². The zero-order valence-corrected chi connectivity index (χ0v) is 11.4. The average Bonchev–Trinajstić information content (AvgIpc) is 2.28. The second-order valence-electron chi connectivity index (χ2n) is 4.96. The Labute approximate surface area is 104 Å². The second kappa shape index (κ2) is 5.96. The molecule has 96 valence electrons. The second-order valence-corrected chi connectivity index (χ2v) is 4.96. The van der Waals surface area contributed by atoms with Crippen LogP contribution in [0, 0.1) is 0 Å². The summed E-state index contributed by atoms with van der Waals surface area (Å²) in [6.45, 7) is 9.16. The van der Waals surface area contributed by atoms with Gasteiger partial charge in [-0.3, -0.25) is 0 Å². The zero-order valence-electron chi connectivity index (χ0n) is 11.4. The fraction of sp³-hybridized carbons (Fsp3) is 0.692. The van der Waals surface area contributed by atoms with Crippen molar-refractivity contribution in [1.82, 2.24) is 9.97 Å². The highest BCUT2D eigenvalue weighted by Crippen LogP contribution is 2.20. The van der Waals surface area contributed by atoms with Crippen molar-refractivity contribution in [3.8, 4) is 0 Å². The molecule has 4 heteroatoms. The molecular weight excluding hydrogens is 214 g/mol. The van der Waals surface area contributed by atoms with Crippen LogP contribution in [0.15, 0.2) is 6.07 Å². The first-order valence-corrected chi connectivity index (χ1v) is 6.16. The molecular formula is C13H23N3O. The van der Waals surface area contributed by atoms with Gasteiger partial charge < -0.3 is 10.0 Å². The Bertz CT molecular complexity index is 337. The predicted octanol–water partition coefficient (Wildman–Crippen LogP) is 2.15. The molecule has 1 heterocycles. The zero-order chi connectivity index (χ0) is 13.0. The number of likely N-dealkylation sites (N-methyl/N-ethyl adjacent to an activating group) is 1. The van der Waals surface area contributed by atoms with E-state index in [0.717, 1.165) is 17.3 Å². The molecule has 1 aromatic heterocycles. The number of aromatic nitrogens is 2. The smallest absolute Gasteiger partial charge is 0.133 e. The summed E-state index contributed by atoms with van der Waals surface area (Å²) in [6.07, 6.45) is 0. The normalized spacial score (nSPS) is 11.3. The molecule has 0 saturated carbocycles. The molecule has 4 nitrogen and oxygen atoms in total. The van der Waals surface area contributed by atoms with Crippen LogP contribution in [0.1, 0.15) is 51.0 Å². The van der Waals surface area contributed by atoms with Crippen LogP contribution in [-0.2, 0) is 0 Å². The summed E-state index contributed by atoms with van der Waals surface area (Å²) in [6, 6.07) is 2.01. The maximum atomic E-state index is 8.97. The molecule has 17 heavy (non-hydrogen) atoms. The van der Waals surface area contributed by atoms with E-state index in [1.807, 2.05) is 18.0 Å². The fourth-order valence-corrected chi connectivity index (χ4v) is 1.49. The Morgan fingerprint density at radius 2 is 1.82 bits per heavy atom. The maximum absolute atomic E-state index is 8.97. The summed E-state index contributed by atoms with van der Waals surface area (Å²) >= 11 is 0. The molecule has 0 saturated heterocycles. The topological polar surface area (TPSA) is 49.2 Å². The van der Waals surface area contributed by atoms with E-state index in [4.69, 9.17) is 5.11 Å². The van der Waals surface area contributed by atoms with Crippen molar-refractivity contribution < 1.29 is 5.11 Å². The lowest BCUT2D eigenvalue weighted by molar-refractivity contribution is 0.303. The minimum Gasteiger partial charge on any atom is -0.395 e. The Hall–Kier alpha value is -1.16. The van der Waals surface area contributed by atoms with Crippen molar-refractivity contribution in [2.75, 3.05) is 25.1 Å².